The second-order valence-electron chi connectivity index (χ2n) is 4.83. The molecule has 0 fully saturated rings. The summed E-state index contributed by atoms with van der Waals surface area (Å²) in [5.41, 5.74) is 2.29. The van der Waals surface area contributed by atoms with Crippen molar-refractivity contribution in [1.29, 1.82) is 0 Å². The summed E-state index contributed by atoms with van der Waals surface area (Å²) in [7, 11) is 0. The SMILES string of the molecule is CCCNc1nc(-c2cccc(C)c2)nc2sccc12. The van der Waals surface area contributed by atoms with Crippen molar-refractivity contribution in [3.63, 3.8) is 0 Å². The Labute approximate surface area is 122 Å². The second-order valence-corrected chi connectivity index (χ2v) is 5.73. The molecule has 0 aliphatic carbocycles. The van der Waals surface area contributed by atoms with Crippen molar-refractivity contribution in [3.8, 4) is 11.4 Å². The van der Waals surface area contributed by atoms with Gasteiger partial charge in [-0.1, -0.05) is 30.7 Å². The van der Waals surface area contributed by atoms with Gasteiger partial charge < -0.3 is 5.32 Å². The van der Waals surface area contributed by atoms with E-state index < -0.39 is 0 Å². The lowest BCUT2D eigenvalue weighted by molar-refractivity contribution is 0.971. The number of benzene rings is 1. The number of nitrogens with one attached hydrogen (secondary N) is 1. The Bertz CT molecular complexity index is 733. The number of aryl methyl sites for hydroxylation is 1. The lowest BCUT2D eigenvalue weighted by Crippen LogP contribution is -2.04. The highest BCUT2D eigenvalue weighted by Crippen LogP contribution is 2.28. The number of hydrogen-bond donors (Lipinski definition) is 1. The van der Waals surface area contributed by atoms with Crippen LogP contribution in [0.1, 0.15) is 18.9 Å². The quantitative estimate of drug-likeness (QED) is 0.766. The van der Waals surface area contributed by atoms with Crippen LogP contribution in [0.3, 0.4) is 0 Å². The number of aromatic nitrogens is 2. The Morgan fingerprint density at radius 2 is 2.10 bits per heavy atom. The van der Waals surface area contributed by atoms with Gasteiger partial charge in [0.05, 0.1) is 5.39 Å². The topological polar surface area (TPSA) is 37.8 Å². The Balaban J connectivity index is 2.11. The number of hydrogen-bond acceptors (Lipinski definition) is 4. The van der Waals surface area contributed by atoms with Gasteiger partial charge in [0, 0.05) is 12.1 Å². The average Bonchev–Trinajstić information content (AvgIpc) is 2.93. The van der Waals surface area contributed by atoms with E-state index >= 15 is 0 Å². The van der Waals surface area contributed by atoms with Crippen LogP contribution in [-0.4, -0.2) is 16.5 Å². The molecule has 3 rings (SSSR count). The van der Waals surface area contributed by atoms with E-state index in [1.807, 2.05) is 6.07 Å². The van der Waals surface area contributed by atoms with Gasteiger partial charge >= 0.3 is 0 Å². The maximum absolute atomic E-state index is 4.71. The maximum Gasteiger partial charge on any atom is 0.163 e. The van der Waals surface area contributed by atoms with Gasteiger partial charge in [-0.3, -0.25) is 0 Å². The molecule has 102 valence electrons. The minimum absolute atomic E-state index is 0.794. The highest BCUT2D eigenvalue weighted by molar-refractivity contribution is 7.16. The molecule has 0 unspecified atom stereocenters. The number of anilines is 1. The van der Waals surface area contributed by atoms with Gasteiger partial charge in [-0.2, -0.15) is 0 Å². The Morgan fingerprint density at radius 3 is 2.90 bits per heavy atom. The van der Waals surface area contributed by atoms with Gasteiger partial charge in [-0.15, -0.1) is 11.3 Å². The number of fused-ring (bicyclic) bond motifs is 1. The van der Waals surface area contributed by atoms with Crippen LogP contribution in [0.5, 0.6) is 0 Å². The zero-order valence-corrected chi connectivity index (χ0v) is 12.5. The molecular weight excluding hydrogens is 266 g/mol. The van der Waals surface area contributed by atoms with Crippen LogP contribution in [0, 0.1) is 6.92 Å². The molecule has 2 aromatic heterocycles. The molecular formula is C16H17N3S. The van der Waals surface area contributed by atoms with E-state index in [1.165, 1.54) is 5.56 Å². The van der Waals surface area contributed by atoms with Crippen LogP contribution in [0.25, 0.3) is 21.6 Å². The Morgan fingerprint density at radius 1 is 1.20 bits per heavy atom. The highest BCUT2D eigenvalue weighted by Gasteiger charge is 2.10. The van der Waals surface area contributed by atoms with Crippen LogP contribution in [0.2, 0.25) is 0 Å². The van der Waals surface area contributed by atoms with E-state index in [4.69, 9.17) is 4.98 Å². The Kier molecular flexibility index (Phi) is 3.65. The summed E-state index contributed by atoms with van der Waals surface area (Å²) >= 11 is 1.66. The van der Waals surface area contributed by atoms with Crippen molar-refractivity contribution < 1.29 is 0 Å². The van der Waals surface area contributed by atoms with Crippen molar-refractivity contribution in [2.24, 2.45) is 0 Å². The van der Waals surface area contributed by atoms with E-state index in [9.17, 15) is 0 Å². The molecule has 2 heterocycles. The molecule has 0 aliphatic rings. The van der Waals surface area contributed by atoms with Crippen molar-refractivity contribution in [1.82, 2.24) is 9.97 Å². The molecule has 0 atom stereocenters. The maximum atomic E-state index is 4.71. The molecule has 0 saturated carbocycles. The second kappa shape index (κ2) is 5.59. The summed E-state index contributed by atoms with van der Waals surface area (Å²) < 4.78 is 0. The molecule has 0 amide bonds. The summed E-state index contributed by atoms with van der Waals surface area (Å²) in [4.78, 5) is 10.4. The summed E-state index contributed by atoms with van der Waals surface area (Å²) in [6.07, 6.45) is 1.08. The van der Waals surface area contributed by atoms with E-state index in [0.29, 0.717) is 0 Å². The summed E-state index contributed by atoms with van der Waals surface area (Å²) in [5, 5.41) is 6.58. The smallest absolute Gasteiger partial charge is 0.163 e. The normalized spacial score (nSPS) is 10.9. The predicted molar refractivity (Wildman–Crippen MR) is 86.4 cm³/mol. The molecule has 3 aromatic rings. The molecule has 0 radical (unpaired) electrons. The molecule has 0 bridgehead atoms. The van der Waals surface area contributed by atoms with Crippen LogP contribution in [0.15, 0.2) is 35.7 Å². The number of rotatable bonds is 4. The largest absolute Gasteiger partial charge is 0.369 e. The van der Waals surface area contributed by atoms with Gasteiger partial charge in [0.1, 0.15) is 10.6 Å². The van der Waals surface area contributed by atoms with Gasteiger partial charge in [0.15, 0.2) is 5.82 Å². The third-order valence-electron chi connectivity index (χ3n) is 3.14. The fourth-order valence-electron chi connectivity index (χ4n) is 2.15. The monoisotopic (exact) mass is 283 g/mol. The van der Waals surface area contributed by atoms with Crippen molar-refractivity contribution in [2.75, 3.05) is 11.9 Å². The first-order chi connectivity index (χ1) is 9.78. The number of thiophene rings is 1. The van der Waals surface area contributed by atoms with Gasteiger partial charge in [-0.25, -0.2) is 9.97 Å². The van der Waals surface area contributed by atoms with Crippen molar-refractivity contribution >= 4 is 27.4 Å². The predicted octanol–water partition coefficient (Wildman–Crippen LogP) is 4.49. The third-order valence-corrected chi connectivity index (χ3v) is 3.95. The molecule has 0 aliphatic heterocycles. The summed E-state index contributed by atoms with van der Waals surface area (Å²) in [6, 6.07) is 10.4. The van der Waals surface area contributed by atoms with E-state index in [-0.39, 0.29) is 0 Å². The van der Waals surface area contributed by atoms with Crippen LogP contribution < -0.4 is 5.32 Å². The fourth-order valence-corrected chi connectivity index (χ4v) is 2.91. The van der Waals surface area contributed by atoms with E-state index in [0.717, 1.165) is 40.4 Å². The molecule has 4 heteroatoms. The summed E-state index contributed by atoms with van der Waals surface area (Å²) in [5.74, 6) is 1.73. The first-order valence-electron chi connectivity index (χ1n) is 6.84. The van der Waals surface area contributed by atoms with Gasteiger partial charge in [0.2, 0.25) is 0 Å². The first-order valence-corrected chi connectivity index (χ1v) is 7.72. The third kappa shape index (κ3) is 2.51. The zero-order chi connectivity index (χ0) is 13.9. The van der Waals surface area contributed by atoms with Crippen LogP contribution >= 0.6 is 11.3 Å². The fraction of sp³-hybridized carbons (Fsp3) is 0.250. The lowest BCUT2D eigenvalue weighted by atomic mass is 10.1. The summed E-state index contributed by atoms with van der Waals surface area (Å²) in [6.45, 7) is 5.17. The molecule has 20 heavy (non-hydrogen) atoms. The van der Waals surface area contributed by atoms with Gasteiger partial charge in [-0.05, 0) is 30.9 Å². The Hall–Kier alpha value is -1.94. The molecule has 0 saturated heterocycles. The first kappa shape index (κ1) is 13.1. The van der Waals surface area contributed by atoms with Crippen molar-refractivity contribution in [3.05, 3.63) is 41.3 Å². The van der Waals surface area contributed by atoms with Crippen LogP contribution in [-0.2, 0) is 0 Å². The minimum Gasteiger partial charge on any atom is -0.369 e. The molecule has 1 aromatic carbocycles. The standard InChI is InChI=1S/C16H17N3S/c1-3-8-17-15-13-7-9-20-16(13)19-14(18-15)12-6-4-5-11(2)10-12/h4-7,9-10H,3,8H2,1-2H3,(H,17,18,19). The number of nitrogens with zero attached hydrogens (tertiary/aromatic N) is 2. The zero-order valence-electron chi connectivity index (χ0n) is 11.7. The lowest BCUT2D eigenvalue weighted by Gasteiger charge is -2.08. The van der Waals surface area contributed by atoms with Crippen molar-refractivity contribution in [2.45, 2.75) is 20.3 Å². The van der Waals surface area contributed by atoms with Crippen LogP contribution in [0.4, 0.5) is 5.82 Å². The molecule has 3 nitrogen and oxygen atoms in total. The average molecular weight is 283 g/mol. The minimum atomic E-state index is 0.794. The molecule has 0 spiro atoms. The van der Waals surface area contributed by atoms with Gasteiger partial charge in [0.25, 0.3) is 0 Å². The highest BCUT2D eigenvalue weighted by atomic mass is 32.1. The van der Waals surface area contributed by atoms with E-state index in [2.05, 4.69) is 53.8 Å². The molecule has 1 N–H and O–H groups in total. The van der Waals surface area contributed by atoms with E-state index in [1.54, 1.807) is 11.3 Å².